The second kappa shape index (κ2) is 5.37. The molecule has 0 radical (unpaired) electrons. The van der Waals surface area contributed by atoms with Gasteiger partial charge < -0.3 is 14.5 Å². The molecule has 0 unspecified atom stereocenters. The molecule has 108 valence electrons. The van der Waals surface area contributed by atoms with Crippen molar-refractivity contribution >= 4 is 17.4 Å². The Morgan fingerprint density at radius 2 is 2.38 bits per heavy atom. The zero-order valence-corrected chi connectivity index (χ0v) is 11.7. The topological polar surface area (TPSA) is 81.7 Å². The van der Waals surface area contributed by atoms with Crippen molar-refractivity contribution in [1.29, 1.82) is 0 Å². The quantitative estimate of drug-likeness (QED) is 0.792. The Morgan fingerprint density at radius 3 is 3.10 bits per heavy atom. The first-order valence-corrected chi connectivity index (χ1v) is 6.35. The number of fused-ring (bicyclic) bond motifs is 1. The fourth-order valence-corrected chi connectivity index (χ4v) is 2.08. The molecule has 0 aliphatic carbocycles. The predicted molar refractivity (Wildman–Crippen MR) is 75.9 cm³/mol. The molecule has 7 heteroatoms. The Bertz CT molecular complexity index is 777. The van der Waals surface area contributed by atoms with Gasteiger partial charge in [-0.15, -0.1) is 0 Å². The number of rotatable bonds is 4. The number of carbonyl (C=O) groups is 1. The number of nitrogens with zero attached hydrogens (tertiary/aromatic N) is 3. The Hall–Kier alpha value is -2.67. The molecule has 1 N–H and O–H groups in total. The van der Waals surface area contributed by atoms with E-state index in [9.17, 15) is 4.79 Å². The molecule has 0 aromatic carbocycles. The molecule has 0 saturated heterocycles. The van der Waals surface area contributed by atoms with Gasteiger partial charge in [-0.1, -0.05) is 0 Å². The molecule has 0 spiro atoms. The smallest absolute Gasteiger partial charge is 0.251 e. The van der Waals surface area contributed by atoms with Crippen LogP contribution < -0.4 is 5.32 Å². The summed E-state index contributed by atoms with van der Waals surface area (Å²) in [6.45, 7) is 1.82. The minimum Gasteiger partial charge on any atom is -0.472 e. The van der Waals surface area contributed by atoms with Crippen molar-refractivity contribution in [2.24, 2.45) is 0 Å². The van der Waals surface area contributed by atoms with E-state index in [1.807, 2.05) is 19.2 Å². The number of anilines is 1. The molecular formula is C14H14N4O3. The molecular weight excluding hydrogens is 272 g/mol. The van der Waals surface area contributed by atoms with Gasteiger partial charge >= 0.3 is 0 Å². The third kappa shape index (κ3) is 2.50. The van der Waals surface area contributed by atoms with Gasteiger partial charge in [0.25, 0.3) is 5.91 Å². The highest BCUT2D eigenvalue weighted by atomic mass is 16.5. The van der Waals surface area contributed by atoms with Gasteiger partial charge in [-0.05, 0) is 13.0 Å². The summed E-state index contributed by atoms with van der Waals surface area (Å²) in [6.07, 6.45) is 6.66. The van der Waals surface area contributed by atoms with Crippen LogP contribution in [0.25, 0.3) is 16.9 Å². The number of carbonyl (C=O) groups excluding carboxylic acids is 1. The van der Waals surface area contributed by atoms with Gasteiger partial charge in [0.2, 0.25) is 0 Å². The summed E-state index contributed by atoms with van der Waals surface area (Å²) in [7, 11) is 1.47. The first-order valence-electron chi connectivity index (χ1n) is 6.35. The number of aryl methyl sites for hydroxylation is 1. The van der Waals surface area contributed by atoms with Gasteiger partial charge in [0.15, 0.2) is 5.65 Å². The van der Waals surface area contributed by atoms with Crippen molar-refractivity contribution in [1.82, 2.24) is 14.4 Å². The van der Waals surface area contributed by atoms with Crippen LogP contribution in [0.1, 0.15) is 5.69 Å². The molecule has 0 atom stereocenters. The predicted octanol–water partition coefficient (Wildman–Crippen LogP) is 1.88. The average Bonchev–Trinajstić information content (AvgIpc) is 3.08. The maximum Gasteiger partial charge on any atom is 0.251 e. The van der Waals surface area contributed by atoms with Crippen LogP contribution in [0.2, 0.25) is 0 Å². The van der Waals surface area contributed by atoms with E-state index in [1.165, 1.54) is 7.11 Å². The minimum atomic E-state index is -0.232. The fourth-order valence-electron chi connectivity index (χ4n) is 2.08. The van der Waals surface area contributed by atoms with E-state index < -0.39 is 0 Å². The van der Waals surface area contributed by atoms with Gasteiger partial charge in [0, 0.05) is 18.9 Å². The number of furan rings is 1. The van der Waals surface area contributed by atoms with Crippen LogP contribution in [0.15, 0.2) is 35.4 Å². The normalized spacial score (nSPS) is 11.0. The summed E-state index contributed by atoms with van der Waals surface area (Å²) in [5, 5.41) is 2.79. The Kier molecular flexibility index (Phi) is 3.41. The third-order valence-electron chi connectivity index (χ3n) is 3.03. The van der Waals surface area contributed by atoms with E-state index in [-0.39, 0.29) is 12.5 Å². The number of nitrogens with one attached hydrogen (secondary N) is 1. The van der Waals surface area contributed by atoms with Gasteiger partial charge in [-0.25, -0.2) is 4.98 Å². The standard InChI is InChI=1S/C14H14N4O3/c1-9-14(17-13(19)8-20-2)18-6-11(10-3-4-21-7-10)15-5-12(18)16-9/h3-7H,8H2,1-2H3,(H,17,19). The van der Waals surface area contributed by atoms with E-state index in [1.54, 1.807) is 23.1 Å². The molecule has 1 amide bonds. The molecule has 3 rings (SSSR count). The number of hydrogen-bond acceptors (Lipinski definition) is 5. The second-order valence-electron chi connectivity index (χ2n) is 4.54. The SMILES string of the molecule is COCC(=O)Nc1c(C)nc2cnc(-c3ccoc3)cn12. The molecule has 21 heavy (non-hydrogen) atoms. The van der Waals surface area contributed by atoms with E-state index in [0.717, 1.165) is 11.3 Å². The zero-order chi connectivity index (χ0) is 14.8. The number of imidazole rings is 1. The summed E-state index contributed by atoms with van der Waals surface area (Å²) in [4.78, 5) is 20.4. The molecule has 0 aliphatic rings. The highest BCUT2D eigenvalue weighted by Crippen LogP contribution is 2.22. The Balaban J connectivity index is 2.04. The van der Waals surface area contributed by atoms with E-state index in [2.05, 4.69) is 15.3 Å². The molecule has 0 aliphatic heterocycles. The molecule has 3 heterocycles. The van der Waals surface area contributed by atoms with Crippen molar-refractivity contribution < 1.29 is 13.9 Å². The van der Waals surface area contributed by atoms with Gasteiger partial charge in [0.05, 0.1) is 30.1 Å². The minimum absolute atomic E-state index is 0.00759. The molecule has 0 fully saturated rings. The lowest BCUT2D eigenvalue weighted by atomic mass is 10.2. The van der Waals surface area contributed by atoms with Crippen molar-refractivity contribution in [2.45, 2.75) is 6.92 Å². The van der Waals surface area contributed by atoms with Crippen LogP contribution in [0.4, 0.5) is 5.82 Å². The summed E-state index contributed by atoms with van der Waals surface area (Å²) < 4.78 is 11.7. The first kappa shape index (κ1) is 13.3. The van der Waals surface area contributed by atoms with Gasteiger partial charge in [-0.2, -0.15) is 0 Å². The number of ether oxygens (including phenoxy) is 1. The van der Waals surface area contributed by atoms with Crippen molar-refractivity contribution in [2.75, 3.05) is 19.0 Å². The lowest BCUT2D eigenvalue weighted by Crippen LogP contribution is -2.18. The number of aromatic nitrogens is 3. The van der Waals surface area contributed by atoms with Crippen LogP contribution in [0.3, 0.4) is 0 Å². The summed E-state index contributed by atoms with van der Waals surface area (Å²) in [5.74, 6) is 0.378. The molecule has 7 nitrogen and oxygen atoms in total. The molecule has 0 bridgehead atoms. The lowest BCUT2D eigenvalue weighted by Gasteiger charge is -2.06. The third-order valence-corrected chi connectivity index (χ3v) is 3.03. The van der Waals surface area contributed by atoms with Crippen LogP contribution in [-0.2, 0) is 9.53 Å². The monoisotopic (exact) mass is 286 g/mol. The largest absolute Gasteiger partial charge is 0.472 e. The molecule has 3 aromatic heterocycles. The van der Waals surface area contributed by atoms with Crippen molar-refractivity contribution in [3.05, 3.63) is 36.7 Å². The Labute approximate surface area is 120 Å². The van der Waals surface area contributed by atoms with E-state index in [0.29, 0.717) is 17.2 Å². The summed E-state index contributed by atoms with van der Waals surface area (Å²) in [5.41, 5.74) is 2.96. The molecule has 3 aromatic rings. The highest BCUT2D eigenvalue weighted by Gasteiger charge is 2.13. The van der Waals surface area contributed by atoms with Gasteiger partial charge in [-0.3, -0.25) is 14.2 Å². The van der Waals surface area contributed by atoms with Crippen molar-refractivity contribution in [3.63, 3.8) is 0 Å². The van der Waals surface area contributed by atoms with Crippen LogP contribution >= 0.6 is 0 Å². The van der Waals surface area contributed by atoms with Crippen LogP contribution in [0.5, 0.6) is 0 Å². The number of amides is 1. The zero-order valence-electron chi connectivity index (χ0n) is 11.7. The van der Waals surface area contributed by atoms with Crippen molar-refractivity contribution in [3.8, 4) is 11.3 Å². The van der Waals surface area contributed by atoms with Gasteiger partial charge in [0.1, 0.15) is 12.4 Å². The second-order valence-corrected chi connectivity index (χ2v) is 4.54. The van der Waals surface area contributed by atoms with Crippen LogP contribution in [0, 0.1) is 6.92 Å². The fraction of sp³-hybridized carbons (Fsp3) is 0.214. The average molecular weight is 286 g/mol. The molecule has 0 saturated carbocycles. The Morgan fingerprint density at radius 1 is 1.52 bits per heavy atom. The maximum atomic E-state index is 11.7. The first-order chi connectivity index (χ1) is 10.2. The summed E-state index contributed by atoms with van der Waals surface area (Å²) in [6, 6.07) is 1.82. The summed E-state index contributed by atoms with van der Waals surface area (Å²) >= 11 is 0. The van der Waals surface area contributed by atoms with E-state index >= 15 is 0 Å². The highest BCUT2D eigenvalue weighted by molar-refractivity contribution is 5.92. The number of methoxy groups -OCH3 is 1. The van der Waals surface area contributed by atoms with E-state index in [4.69, 9.17) is 9.15 Å². The maximum absolute atomic E-state index is 11.7. The lowest BCUT2D eigenvalue weighted by molar-refractivity contribution is -0.119. The number of hydrogen-bond donors (Lipinski definition) is 1. The van der Waals surface area contributed by atoms with Crippen LogP contribution in [-0.4, -0.2) is 34.0 Å².